The molecule has 0 unspecified atom stereocenters. The summed E-state index contributed by atoms with van der Waals surface area (Å²) in [6, 6.07) is 1.63. The second kappa shape index (κ2) is 7.58. The van der Waals surface area contributed by atoms with Crippen molar-refractivity contribution in [2.75, 3.05) is 13.2 Å². The van der Waals surface area contributed by atoms with E-state index in [2.05, 4.69) is 12.2 Å². The summed E-state index contributed by atoms with van der Waals surface area (Å²) in [6.07, 6.45) is 6.88. The van der Waals surface area contributed by atoms with Crippen molar-refractivity contribution < 1.29 is 14.3 Å². The van der Waals surface area contributed by atoms with Crippen molar-refractivity contribution in [3.05, 3.63) is 23.5 Å². The molecule has 1 aliphatic carbocycles. The van der Waals surface area contributed by atoms with Gasteiger partial charge in [0.2, 0.25) is 0 Å². The van der Waals surface area contributed by atoms with E-state index in [-0.39, 0.29) is 11.7 Å². The van der Waals surface area contributed by atoms with E-state index in [0.29, 0.717) is 36.4 Å². The van der Waals surface area contributed by atoms with Crippen LogP contribution in [0.4, 0.5) is 0 Å². The Bertz CT molecular complexity index is 536. The highest BCUT2D eigenvalue weighted by Crippen LogP contribution is 2.25. The fraction of sp³-hybridized carbons (Fsp3) is 0.647. The molecule has 1 fully saturated rings. The molecule has 1 N–H and O–H groups in total. The van der Waals surface area contributed by atoms with Crippen LogP contribution in [0.1, 0.15) is 60.4 Å². The summed E-state index contributed by atoms with van der Waals surface area (Å²) >= 11 is 0. The Balaban J connectivity index is 1.77. The summed E-state index contributed by atoms with van der Waals surface area (Å²) in [4.78, 5) is 23.5. The third-order valence-corrected chi connectivity index (χ3v) is 4.40. The van der Waals surface area contributed by atoms with Crippen molar-refractivity contribution in [1.82, 2.24) is 9.88 Å². The SMILES string of the molecule is CC(=O)c1cc(C(=O)NCCO[C@@H]2CCCC[C@@H]2C)n(C)c1. The van der Waals surface area contributed by atoms with E-state index in [1.165, 1.54) is 26.2 Å². The number of carbonyl (C=O) groups excluding carboxylic acids is 2. The molecule has 1 amide bonds. The van der Waals surface area contributed by atoms with Gasteiger partial charge in [0.05, 0.1) is 12.7 Å². The molecule has 1 aromatic heterocycles. The van der Waals surface area contributed by atoms with Gasteiger partial charge in [0.1, 0.15) is 5.69 Å². The highest BCUT2D eigenvalue weighted by atomic mass is 16.5. The Hall–Kier alpha value is -1.62. The molecular weight excluding hydrogens is 280 g/mol. The number of hydrogen-bond donors (Lipinski definition) is 1. The number of ketones is 1. The van der Waals surface area contributed by atoms with Crippen LogP contribution in [-0.2, 0) is 11.8 Å². The van der Waals surface area contributed by atoms with E-state index in [4.69, 9.17) is 4.74 Å². The molecule has 1 aromatic rings. The molecule has 1 heterocycles. The molecule has 2 atom stereocenters. The first-order valence-electron chi connectivity index (χ1n) is 8.06. The Kier molecular flexibility index (Phi) is 5.77. The number of aromatic nitrogens is 1. The largest absolute Gasteiger partial charge is 0.376 e. The first kappa shape index (κ1) is 16.7. The summed E-state index contributed by atoms with van der Waals surface area (Å²) in [7, 11) is 1.77. The summed E-state index contributed by atoms with van der Waals surface area (Å²) in [6.45, 7) is 4.75. The maximum atomic E-state index is 12.1. The number of aryl methyl sites for hydroxylation is 1. The second-order valence-corrected chi connectivity index (χ2v) is 6.21. The summed E-state index contributed by atoms with van der Waals surface area (Å²) in [5, 5.41) is 2.85. The van der Waals surface area contributed by atoms with Crippen LogP contribution < -0.4 is 5.32 Å². The van der Waals surface area contributed by atoms with Gasteiger partial charge in [0.15, 0.2) is 5.78 Å². The van der Waals surface area contributed by atoms with Crippen LogP contribution in [0.25, 0.3) is 0 Å². The van der Waals surface area contributed by atoms with Gasteiger partial charge in [-0.15, -0.1) is 0 Å². The van der Waals surface area contributed by atoms with Crippen molar-refractivity contribution in [2.24, 2.45) is 13.0 Å². The van der Waals surface area contributed by atoms with Gasteiger partial charge in [-0.2, -0.15) is 0 Å². The monoisotopic (exact) mass is 306 g/mol. The normalized spacial score (nSPS) is 21.6. The first-order valence-corrected chi connectivity index (χ1v) is 8.06. The van der Waals surface area contributed by atoms with Gasteiger partial charge in [0.25, 0.3) is 5.91 Å². The zero-order valence-electron chi connectivity index (χ0n) is 13.7. The quantitative estimate of drug-likeness (QED) is 0.649. The first-order chi connectivity index (χ1) is 10.5. The maximum Gasteiger partial charge on any atom is 0.267 e. The molecule has 0 aromatic carbocycles. The van der Waals surface area contributed by atoms with Gasteiger partial charge in [-0.1, -0.05) is 19.8 Å². The van der Waals surface area contributed by atoms with Crippen LogP contribution >= 0.6 is 0 Å². The average molecular weight is 306 g/mol. The zero-order chi connectivity index (χ0) is 16.1. The number of Topliss-reactive ketones (excluding diaryl/α,β-unsaturated/α-hetero) is 1. The number of hydrogen-bond acceptors (Lipinski definition) is 3. The van der Waals surface area contributed by atoms with Crippen molar-refractivity contribution in [3.8, 4) is 0 Å². The number of carbonyl (C=O) groups is 2. The molecular formula is C17H26N2O3. The molecule has 1 aliphatic rings. The molecule has 0 aliphatic heterocycles. The summed E-state index contributed by atoms with van der Waals surface area (Å²) in [5.74, 6) is 0.398. The molecule has 0 spiro atoms. The van der Waals surface area contributed by atoms with Crippen molar-refractivity contribution in [3.63, 3.8) is 0 Å². The average Bonchev–Trinajstić information content (AvgIpc) is 2.87. The van der Waals surface area contributed by atoms with Crippen molar-refractivity contribution >= 4 is 11.7 Å². The smallest absolute Gasteiger partial charge is 0.267 e. The summed E-state index contributed by atoms with van der Waals surface area (Å²) < 4.78 is 7.56. The predicted octanol–water partition coefficient (Wildman–Crippen LogP) is 2.55. The van der Waals surface area contributed by atoms with E-state index < -0.39 is 0 Å². The zero-order valence-corrected chi connectivity index (χ0v) is 13.7. The summed E-state index contributed by atoms with van der Waals surface area (Å²) in [5.41, 5.74) is 1.05. The van der Waals surface area contributed by atoms with Gasteiger partial charge in [0, 0.05) is 25.4 Å². The van der Waals surface area contributed by atoms with Crippen LogP contribution in [0.5, 0.6) is 0 Å². The third kappa shape index (κ3) is 4.19. The van der Waals surface area contributed by atoms with Gasteiger partial charge < -0.3 is 14.6 Å². The van der Waals surface area contributed by atoms with E-state index in [9.17, 15) is 9.59 Å². The lowest BCUT2D eigenvalue weighted by Crippen LogP contribution is -2.32. The predicted molar refractivity (Wildman–Crippen MR) is 85.1 cm³/mol. The lowest BCUT2D eigenvalue weighted by atomic mass is 9.88. The number of ether oxygens (including phenoxy) is 1. The number of rotatable bonds is 6. The standard InChI is InChI=1S/C17H26N2O3/c1-12-6-4-5-7-16(12)22-9-8-18-17(21)15-10-14(13(2)20)11-19(15)3/h10-12,16H,4-9H2,1-3H3,(H,18,21)/t12-,16+/m0/s1. The van der Waals surface area contributed by atoms with Crippen LogP contribution in [0.3, 0.4) is 0 Å². The lowest BCUT2D eigenvalue weighted by Gasteiger charge is -2.28. The van der Waals surface area contributed by atoms with E-state index in [1.54, 1.807) is 23.9 Å². The number of nitrogens with one attached hydrogen (secondary N) is 1. The molecule has 5 nitrogen and oxygen atoms in total. The molecule has 5 heteroatoms. The maximum absolute atomic E-state index is 12.1. The molecule has 0 bridgehead atoms. The van der Waals surface area contributed by atoms with E-state index >= 15 is 0 Å². The van der Waals surface area contributed by atoms with Crippen molar-refractivity contribution in [2.45, 2.75) is 45.6 Å². The topological polar surface area (TPSA) is 60.3 Å². The van der Waals surface area contributed by atoms with Gasteiger partial charge in [-0.3, -0.25) is 9.59 Å². The molecule has 2 rings (SSSR count). The molecule has 22 heavy (non-hydrogen) atoms. The molecule has 122 valence electrons. The Morgan fingerprint density at radius 3 is 2.73 bits per heavy atom. The van der Waals surface area contributed by atoms with Crippen LogP contribution in [0, 0.1) is 5.92 Å². The van der Waals surface area contributed by atoms with Crippen LogP contribution in [0.15, 0.2) is 12.3 Å². The number of amides is 1. The second-order valence-electron chi connectivity index (χ2n) is 6.21. The Morgan fingerprint density at radius 1 is 1.36 bits per heavy atom. The van der Waals surface area contributed by atoms with Gasteiger partial charge in [-0.05, 0) is 31.7 Å². The van der Waals surface area contributed by atoms with Crippen molar-refractivity contribution in [1.29, 1.82) is 0 Å². The van der Waals surface area contributed by atoms with E-state index in [0.717, 1.165) is 6.42 Å². The lowest BCUT2D eigenvalue weighted by molar-refractivity contribution is -0.00296. The Labute approximate surface area is 132 Å². The fourth-order valence-corrected chi connectivity index (χ4v) is 2.98. The minimum Gasteiger partial charge on any atom is -0.376 e. The van der Waals surface area contributed by atoms with Gasteiger partial charge >= 0.3 is 0 Å². The molecule has 1 saturated carbocycles. The Morgan fingerprint density at radius 2 is 2.09 bits per heavy atom. The molecule has 0 saturated heterocycles. The number of nitrogens with zero attached hydrogens (tertiary/aromatic N) is 1. The minimum absolute atomic E-state index is 0.0377. The van der Waals surface area contributed by atoms with Crippen LogP contribution in [0.2, 0.25) is 0 Å². The highest BCUT2D eigenvalue weighted by molar-refractivity contribution is 5.99. The van der Waals surface area contributed by atoms with Crippen LogP contribution in [-0.4, -0.2) is 35.5 Å². The fourth-order valence-electron chi connectivity index (χ4n) is 2.98. The molecule has 0 radical (unpaired) electrons. The minimum atomic E-state index is -0.171. The van der Waals surface area contributed by atoms with Gasteiger partial charge in [-0.25, -0.2) is 0 Å². The third-order valence-electron chi connectivity index (χ3n) is 4.40. The highest BCUT2D eigenvalue weighted by Gasteiger charge is 2.21. The van der Waals surface area contributed by atoms with E-state index in [1.807, 2.05) is 0 Å².